The molecular weight excluding hydrogens is 479 g/mol. The lowest BCUT2D eigenvalue weighted by molar-refractivity contribution is -0.113. The lowest BCUT2D eigenvalue weighted by Crippen LogP contribution is -2.14. The topological polar surface area (TPSA) is 69.0 Å². The number of halogens is 3. The minimum atomic E-state index is -0.247. The number of carbonyl (C=O) groups is 1. The van der Waals surface area contributed by atoms with E-state index in [1.165, 1.54) is 23.9 Å². The fourth-order valence-electron chi connectivity index (χ4n) is 2.66. The molecule has 0 unspecified atom stereocenters. The molecule has 0 aliphatic heterocycles. The number of nitrogens with zero attached hydrogens (tertiary/aromatic N) is 3. The molecule has 0 atom stereocenters. The van der Waals surface area contributed by atoms with Crippen molar-refractivity contribution >= 4 is 58.2 Å². The van der Waals surface area contributed by atoms with Gasteiger partial charge in [-0.2, -0.15) is 0 Å². The van der Waals surface area contributed by atoms with E-state index in [2.05, 4.69) is 22.4 Å². The average Bonchev–Trinajstić information content (AvgIpc) is 3.11. The third-order valence-corrected chi connectivity index (χ3v) is 6.39. The predicted octanol–water partition coefficient (Wildman–Crippen LogP) is 6.35. The highest BCUT2D eigenvalue weighted by molar-refractivity contribution is 7.99. The van der Waals surface area contributed by atoms with Crippen molar-refractivity contribution in [3.05, 3.63) is 51.5 Å². The van der Waals surface area contributed by atoms with Crippen LogP contribution in [-0.2, 0) is 11.8 Å². The van der Waals surface area contributed by atoms with Gasteiger partial charge in [0.05, 0.1) is 33.1 Å². The molecule has 1 heterocycles. The Kier molecular flexibility index (Phi) is 8.49. The number of aromatic nitrogens is 3. The van der Waals surface area contributed by atoms with Gasteiger partial charge in [0.25, 0.3) is 0 Å². The van der Waals surface area contributed by atoms with Crippen LogP contribution in [0.4, 0.5) is 5.69 Å². The molecule has 10 heteroatoms. The van der Waals surface area contributed by atoms with Crippen molar-refractivity contribution < 1.29 is 9.53 Å². The van der Waals surface area contributed by atoms with Gasteiger partial charge < -0.3 is 14.6 Å². The second-order valence-corrected chi connectivity index (χ2v) is 8.84. The van der Waals surface area contributed by atoms with Crippen molar-refractivity contribution in [3.8, 4) is 17.1 Å². The molecule has 3 rings (SSSR count). The Balaban J connectivity index is 1.60. The number of rotatable bonds is 9. The van der Waals surface area contributed by atoms with Gasteiger partial charge in [0.1, 0.15) is 5.75 Å². The highest BCUT2D eigenvalue weighted by atomic mass is 35.5. The summed E-state index contributed by atoms with van der Waals surface area (Å²) in [5.74, 6) is 1.41. The van der Waals surface area contributed by atoms with Crippen LogP contribution < -0.4 is 10.1 Å². The molecule has 164 valence electrons. The zero-order valence-corrected chi connectivity index (χ0v) is 20.1. The monoisotopic (exact) mass is 498 g/mol. The summed E-state index contributed by atoms with van der Waals surface area (Å²) in [5, 5.41) is 12.8. The number of hydrogen-bond donors (Lipinski definition) is 1. The Morgan fingerprint density at radius 2 is 1.81 bits per heavy atom. The van der Waals surface area contributed by atoms with Gasteiger partial charge in [-0.05, 0) is 42.8 Å². The lowest BCUT2D eigenvalue weighted by Gasteiger charge is -2.09. The molecule has 1 amide bonds. The third-order valence-electron chi connectivity index (χ3n) is 4.33. The number of hydrogen-bond acceptors (Lipinski definition) is 5. The number of amides is 1. The van der Waals surface area contributed by atoms with Crippen LogP contribution in [0.5, 0.6) is 5.75 Å². The summed E-state index contributed by atoms with van der Waals surface area (Å²) in [7, 11) is 1.86. The summed E-state index contributed by atoms with van der Waals surface area (Å²) >= 11 is 19.3. The lowest BCUT2D eigenvalue weighted by atomic mass is 10.2. The summed E-state index contributed by atoms with van der Waals surface area (Å²) in [6, 6.07) is 10.7. The summed E-state index contributed by atoms with van der Waals surface area (Å²) in [6.07, 6.45) is 2.12. The SMILES string of the molecule is CCCCOc1ccc(-c2nnc(SCC(=O)Nc3cc(Cl)c(Cl)cc3Cl)n2C)cc1. The number of nitrogens with one attached hydrogen (secondary N) is 1. The second kappa shape index (κ2) is 11.1. The Morgan fingerprint density at radius 1 is 1.10 bits per heavy atom. The highest BCUT2D eigenvalue weighted by Crippen LogP contribution is 2.32. The molecule has 0 fully saturated rings. The first-order chi connectivity index (χ1) is 14.9. The number of thioether (sulfide) groups is 1. The Morgan fingerprint density at radius 3 is 2.52 bits per heavy atom. The first-order valence-corrected chi connectivity index (χ1v) is 11.7. The van der Waals surface area contributed by atoms with Crippen molar-refractivity contribution in [2.24, 2.45) is 7.05 Å². The third kappa shape index (κ3) is 6.29. The van der Waals surface area contributed by atoms with E-state index in [1.807, 2.05) is 35.9 Å². The average molecular weight is 500 g/mol. The quantitative estimate of drug-likeness (QED) is 0.211. The molecule has 31 heavy (non-hydrogen) atoms. The molecule has 0 saturated heterocycles. The number of unbranched alkanes of at least 4 members (excludes halogenated alkanes) is 1. The fourth-order valence-corrected chi connectivity index (χ4v) is 3.97. The first kappa shape index (κ1) is 23.7. The van der Waals surface area contributed by atoms with E-state index in [4.69, 9.17) is 39.5 Å². The van der Waals surface area contributed by atoms with Crippen LogP contribution in [0.3, 0.4) is 0 Å². The first-order valence-electron chi connectivity index (χ1n) is 9.59. The van der Waals surface area contributed by atoms with Gasteiger partial charge >= 0.3 is 0 Å². The van der Waals surface area contributed by atoms with Crippen LogP contribution in [0.25, 0.3) is 11.4 Å². The Bertz CT molecular complexity index is 1060. The van der Waals surface area contributed by atoms with E-state index in [0.29, 0.717) is 38.3 Å². The molecule has 1 aromatic heterocycles. The van der Waals surface area contributed by atoms with Crippen molar-refractivity contribution in [1.82, 2.24) is 14.8 Å². The zero-order chi connectivity index (χ0) is 22.4. The normalized spacial score (nSPS) is 10.9. The number of benzene rings is 2. The highest BCUT2D eigenvalue weighted by Gasteiger charge is 2.14. The molecular formula is C21H21Cl3N4O2S. The molecule has 0 bridgehead atoms. The van der Waals surface area contributed by atoms with E-state index in [1.54, 1.807) is 0 Å². The Labute approximate surface area is 200 Å². The van der Waals surface area contributed by atoms with Crippen molar-refractivity contribution in [1.29, 1.82) is 0 Å². The fraction of sp³-hybridized carbons (Fsp3) is 0.286. The summed E-state index contributed by atoms with van der Waals surface area (Å²) in [4.78, 5) is 12.3. The van der Waals surface area contributed by atoms with E-state index in [0.717, 1.165) is 24.2 Å². The minimum Gasteiger partial charge on any atom is -0.494 e. The van der Waals surface area contributed by atoms with Gasteiger partial charge in [-0.25, -0.2) is 0 Å². The van der Waals surface area contributed by atoms with Crippen LogP contribution in [0.1, 0.15) is 19.8 Å². The van der Waals surface area contributed by atoms with Crippen molar-refractivity contribution in [2.45, 2.75) is 24.9 Å². The van der Waals surface area contributed by atoms with E-state index < -0.39 is 0 Å². The Hall–Kier alpha value is -1.93. The summed E-state index contributed by atoms with van der Waals surface area (Å²) < 4.78 is 7.54. The van der Waals surface area contributed by atoms with Gasteiger partial charge in [0.2, 0.25) is 5.91 Å². The molecule has 0 spiro atoms. The smallest absolute Gasteiger partial charge is 0.234 e. The van der Waals surface area contributed by atoms with E-state index in [-0.39, 0.29) is 11.7 Å². The largest absolute Gasteiger partial charge is 0.494 e. The number of ether oxygens (including phenoxy) is 1. The molecule has 0 aliphatic rings. The summed E-state index contributed by atoms with van der Waals surface area (Å²) in [6.45, 7) is 2.83. The van der Waals surface area contributed by atoms with Gasteiger partial charge in [0.15, 0.2) is 11.0 Å². The maximum absolute atomic E-state index is 12.3. The maximum atomic E-state index is 12.3. The van der Waals surface area contributed by atoms with Crippen molar-refractivity contribution in [3.63, 3.8) is 0 Å². The second-order valence-electron chi connectivity index (χ2n) is 6.67. The van der Waals surface area contributed by atoms with Gasteiger partial charge in [-0.15, -0.1) is 10.2 Å². The molecule has 0 saturated carbocycles. The molecule has 6 nitrogen and oxygen atoms in total. The maximum Gasteiger partial charge on any atom is 0.234 e. The predicted molar refractivity (Wildman–Crippen MR) is 128 cm³/mol. The minimum absolute atomic E-state index is 0.132. The molecule has 1 N–H and O–H groups in total. The summed E-state index contributed by atoms with van der Waals surface area (Å²) in [5.41, 5.74) is 1.32. The number of anilines is 1. The van der Waals surface area contributed by atoms with Crippen LogP contribution in [-0.4, -0.2) is 33.0 Å². The molecule has 2 aromatic carbocycles. The van der Waals surface area contributed by atoms with Crippen LogP contribution in [0.2, 0.25) is 15.1 Å². The van der Waals surface area contributed by atoms with E-state index >= 15 is 0 Å². The van der Waals surface area contributed by atoms with Crippen molar-refractivity contribution in [2.75, 3.05) is 17.7 Å². The molecule has 3 aromatic rings. The standard InChI is InChI=1S/C21H21Cl3N4O2S/c1-3-4-9-30-14-7-5-13(6-8-14)20-26-27-21(28(20)2)31-12-19(29)25-18-11-16(23)15(22)10-17(18)24/h5-8,10-11H,3-4,9,12H2,1-2H3,(H,25,29). The molecule has 0 radical (unpaired) electrons. The number of carbonyl (C=O) groups excluding carboxylic acids is 1. The van der Waals surface area contributed by atoms with E-state index in [9.17, 15) is 4.79 Å². The molecule has 0 aliphatic carbocycles. The van der Waals surface area contributed by atoms with Crippen LogP contribution in [0.15, 0.2) is 41.6 Å². The van der Waals surface area contributed by atoms with Gasteiger partial charge in [-0.1, -0.05) is 59.9 Å². The van der Waals surface area contributed by atoms with Gasteiger partial charge in [-0.3, -0.25) is 4.79 Å². The zero-order valence-electron chi connectivity index (χ0n) is 17.0. The van der Waals surface area contributed by atoms with Crippen LogP contribution in [0, 0.1) is 0 Å². The van der Waals surface area contributed by atoms with Gasteiger partial charge in [0, 0.05) is 12.6 Å². The van der Waals surface area contributed by atoms with Crippen LogP contribution >= 0.6 is 46.6 Å².